The quantitative estimate of drug-likeness (QED) is 0.495. The predicted octanol–water partition coefficient (Wildman–Crippen LogP) is 4.78. The molecule has 2 aromatic carbocycles. The molecule has 5 heteroatoms. The van der Waals surface area contributed by atoms with Crippen molar-refractivity contribution in [2.24, 2.45) is 0 Å². The molecular weight excluding hydrogens is 354 g/mol. The molecule has 0 bridgehead atoms. The molecule has 1 unspecified atom stereocenters. The molecule has 0 aliphatic carbocycles. The van der Waals surface area contributed by atoms with Gasteiger partial charge < -0.3 is 5.32 Å². The van der Waals surface area contributed by atoms with Crippen LogP contribution in [0.5, 0.6) is 0 Å². The number of carbonyl (C=O) groups is 1. The van der Waals surface area contributed by atoms with Gasteiger partial charge in [-0.15, -0.1) is 0 Å². The third kappa shape index (κ3) is 4.66. The molecule has 3 rings (SSSR count). The van der Waals surface area contributed by atoms with Gasteiger partial charge in [-0.2, -0.15) is 0 Å². The Morgan fingerprint density at radius 2 is 1.74 bits per heavy atom. The van der Waals surface area contributed by atoms with E-state index in [4.69, 9.17) is 0 Å². The smallest absolute Gasteiger partial charge is 0.220 e. The van der Waals surface area contributed by atoms with Crippen LogP contribution in [-0.2, 0) is 11.2 Å². The molecular formula is C22H25N3OS. The second-order valence-corrected chi connectivity index (χ2v) is 7.53. The first-order chi connectivity index (χ1) is 13.0. The van der Waals surface area contributed by atoms with E-state index in [0.717, 1.165) is 27.7 Å². The Hall–Kier alpha value is -2.40. The third-order valence-electron chi connectivity index (χ3n) is 4.84. The summed E-state index contributed by atoms with van der Waals surface area (Å²) in [5.41, 5.74) is 4.10. The standard InChI is InChI=1S/C22H25N3OS/c1-14(18-10-9-17-7-5-6-8-19(17)13-18)23-21(26)12-11-20-15(2)24-22(27-4)25-16(20)3/h5-10,13-14H,11-12H2,1-4H3,(H,23,26). The van der Waals surface area contributed by atoms with Crippen LogP contribution in [0, 0.1) is 13.8 Å². The molecule has 27 heavy (non-hydrogen) atoms. The molecule has 0 spiro atoms. The van der Waals surface area contributed by atoms with Gasteiger partial charge in [-0.3, -0.25) is 4.79 Å². The van der Waals surface area contributed by atoms with Crippen molar-refractivity contribution in [1.29, 1.82) is 0 Å². The van der Waals surface area contributed by atoms with Gasteiger partial charge in [0.1, 0.15) is 0 Å². The Kier molecular flexibility index (Phi) is 6.11. The Morgan fingerprint density at radius 1 is 1.07 bits per heavy atom. The summed E-state index contributed by atoms with van der Waals surface area (Å²) in [6.07, 6.45) is 3.06. The first-order valence-corrected chi connectivity index (χ1v) is 10.4. The number of hydrogen-bond donors (Lipinski definition) is 1. The maximum absolute atomic E-state index is 12.5. The van der Waals surface area contributed by atoms with Crippen LogP contribution in [-0.4, -0.2) is 22.1 Å². The maximum Gasteiger partial charge on any atom is 0.220 e. The zero-order valence-corrected chi connectivity index (χ0v) is 17.1. The largest absolute Gasteiger partial charge is 0.350 e. The van der Waals surface area contributed by atoms with Gasteiger partial charge in [0.2, 0.25) is 5.91 Å². The molecule has 0 aliphatic rings. The molecule has 0 radical (unpaired) electrons. The summed E-state index contributed by atoms with van der Waals surface area (Å²) in [6, 6.07) is 14.6. The molecule has 1 N–H and O–H groups in total. The van der Waals surface area contributed by atoms with Crippen molar-refractivity contribution in [3.8, 4) is 0 Å². The first kappa shape index (κ1) is 19.4. The first-order valence-electron chi connectivity index (χ1n) is 9.14. The van der Waals surface area contributed by atoms with E-state index in [-0.39, 0.29) is 11.9 Å². The lowest BCUT2D eigenvalue weighted by atomic mass is 10.0. The third-order valence-corrected chi connectivity index (χ3v) is 5.38. The molecule has 0 aliphatic heterocycles. The zero-order valence-electron chi connectivity index (χ0n) is 16.2. The highest BCUT2D eigenvalue weighted by Gasteiger charge is 2.13. The molecule has 1 aromatic heterocycles. The van der Waals surface area contributed by atoms with E-state index >= 15 is 0 Å². The van der Waals surface area contributed by atoms with Crippen molar-refractivity contribution in [3.63, 3.8) is 0 Å². The summed E-state index contributed by atoms with van der Waals surface area (Å²) in [5.74, 6) is 0.0448. The fraction of sp³-hybridized carbons (Fsp3) is 0.318. The number of carbonyl (C=O) groups excluding carboxylic acids is 1. The highest BCUT2D eigenvalue weighted by molar-refractivity contribution is 7.98. The van der Waals surface area contributed by atoms with Crippen LogP contribution in [0.15, 0.2) is 47.6 Å². The summed E-state index contributed by atoms with van der Waals surface area (Å²) in [7, 11) is 0. The van der Waals surface area contributed by atoms with E-state index in [1.54, 1.807) is 0 Å². The average molecular weight is 380 g/mol. The van der Waals surface area contributed by atoms with Crippen molar-refractivity contribution in [2.75, 3.05) is 6.26 Å². The van der Waals surface area contributed by atoms with Crippen molar-refractivity contribution in [2.45, 2.75) is 44.8 Å². The van der Waals surface area contributed by atoms with Crippen LogP contribution in [0.2, 0.25) is 0 Å². The van der Waals surface area contributed by atoms with Crippen LogP contribution < -0.4 is 5.32 Å². The van der Waals surface area contributed by atoms with Crippen LogP contribution in [0.4, 0.5) is 0 Å². The molecule has 1 amide bonds. The molecule has 3 aromatic rings. The predicted molar refractivity (Wildman–Crippen MR) is 112 cm³/mol. The number of nitrogens with one attached hydrogen (secondary N) is 1. The highest BCUT2D eigenvalue weighted by atomic mass is 32.2. The van der Waals surface area contributed by atoms with Gasteiger partial charge in [-0.25, -0.2) is 9.97 Å². The monoisotopic (exact) mass is 379 g/mol. The second kappa shape index (κ2) is 8.53. The van der Waals surface area contributed by atoms with Gasteiger partial charge in [0, 0.05) is 17.8 Å². The Balaban J connectivity index is 1.63. The molecule has 0 fully saturated rings. The van der Waals surface area contributed by atoms with E-state index in [9.17, 15) is 4.79 Å². The number of aromatic nitrogens is 2. The lowest BCUT2D eigenvalue weighted by molar-refractivity contribution is -0.121. The van der Waals surface area contributed by atoms with Crippen molar-refractivity contribution in [1.82, 2.24) is 15.3 Å². The summed E-state index contributed by atoms with van der Waals surface area (Å²) in [5, 5.41) is 6.29. The summed E-state index contributed by atoms with van der Waals surface area (Å²) >= 11 is 1.54. The topological polar surface area (TPSA) is 54.9 Å². The number of fused-ring (bicyclic) bond motifs is 1. The molecule has 0 saturated carbocycles. The normalized spacial score (nSPS) is 12.1. The van der Waals surface area contributed by atoms with E-state index < -0.39 is 0 Å². The van der Waals surface area contributed by atoms with Crippen LogP contribution in [0.25, 0.3) is 10.8 Å². The van der Waals surface area contributed by atoms with Gasteiger partial charge >= 0.3 is 0 Å². The van der Waals surface area contributed by atoms with Gasteiger partial charge in [-0.1, -0.05) is 48.2 Å². The Morgan fingerprint density at radius 3 is 2.41 bits per heavy atom. The molecule has 1 atom stereocenters. The number of rotatable bonds is 6. The van der Waals surface area contributed by atoms with E-state index in [0.29, 0.717) is 12.8 Å². The average Bonchev–Trinajstić information content (AvgIpc) is 2.66. The maximum atomic E-state index is 12.5. The summed E-state index contributed by atoms with van der Waals surface area (Å²) < 4.78 is 0. The van der Waals surface area contributed by atoms with Crippen molar-refractivity contribution >= 4 is 28.4 Å². The minimum absolute atomic E-state index is 0.0283. The fourth-order valence-electron chi connectivity index (χ4n) is 3.27. The lowest BCUT2D eigenvalue weighted by Gasteiger charge is -2.16. The number of amides is 1. The van der Waals surface area contributed by atoms with E-state index in [1.165, 1.54) is 22.5 Å². The summed E-state index contributed by atoms with van der Waals surface area (Å²) in [6.45, 7) is 5.99. The summed E-state index contributed by atoms with van der Waals surface area (Å²) in [4.78, 5) is 21.4. The molecule has 4 nitrogen and oxygen atoms in total. The molecule has 1 heterocycles. The zero-order chi connectivity index (χ0) is 19.4. The van der Waals surface area contributed by atoms with E-state index in [2.05, 4.69) is 45.6 Å². The van der Waals surface area contributed by atoms with Crippen LogP contribution in [0.1, 0.15) is 41.9 Å². The van der Waals surface area contributed by atoms with Gasteiger partial charge in [0.05, 0.1) is 6.04 Å². The van der Waals surface area contributed by atoms with Crippen LogP contribution in [0.3, 0.4) is 0 Å². The minimum atomic E-state index is -0.0283. The highest BCUT2D eigenvalue weighted by Crippen LogP contribution is 2.21. The SMILES string of the molecule is CSc1nc(C)c(CCC(=O)NC(C)c2ccc3ccccc3c2)c(C)n1. The fourth-order valence-corrected chi connectivity index (χ4v) is 3.73. The van der Waals surface area contributed by atoms with Gasteiger partial charge in [-0.05, 0) is 61.4 Å². The number of benzene rings is 2. The second-order valence-electron chi connectivity index (χ2n) is 6.76. The number of aryl methyl sites for hydroxylation is 2. The van der Waals surface area contributed by atoms with Crippen molar-refractivity contribution in [3.05, 3.63) is 65.0 Å². The van der Waals surface area contributed by atoms with Crippen molar-refractivity contribution < 1.29 is 4.79 Å². The van der Waals surface area contributed by atoms with Crippen LogP contribution >= 0.6 is 11.8 Å². The Labute approximate surface area is 164 Å². The minimum Gasteiger partial charge on any atom is -0.350 e. The lowest BCUT2D eigenvalue weighted by Crippen LogP contribution is -2.27. The van der Waals surface area contributed by atoms with Gasteiger partial charge in [0.25, 0.3) is 0 Å². The van der Waals surface area contributed by atoms with Gasteiger partial charge in [0.15, 0.2) is 5.16 Å². The van der Waals surface area contributed by atoms with E-state index in [1.807, 2.05) is 39.2 Å². The number of thioether (sulfide) groups is 1. The number of nitrogens with zero attached hydrogens (tertiary/aromatic N) is 2. The molecule has 0 saturated heterocycles. The Bertz CT molecular complexity index is 948. The molecule has 140 valence electrons. The number of hydrogen-bond acceptors (Lipinski definition) is 4.